The minimum absolute atomic E-state index is 0.00362. The molecular weight excluding hydrogens is 463 g/mol. The van der Waals surface area contributed by atoms with Crippen LogP contribution in [0.2, 0.25) is 5.02 Å². The highest BCUT2D eigenvalue weighted by Crippen LogP contribution is 2.47. The first-order valence-electron chi connectivity index (χ1n) is 8.96. The molecule has 0 atom stereocenters. The van der Waals surface area contributed by atoms with Gasteiger partial charge in [-0.15, -0.1) is 0 Å². The van der Waals surface area contributed by atoms with Crippen molar-refractivity contribution in [3.63, 3.8) is 0 Å². The van der Waals surface area contributed by atoms with E-state index in [0.717, 1.165) is 18.5 Å². The SMILES string of the molecule is Cc1nn(CCCNC(=O)CCn2nc(C(F)(F)F)c(Br)c2C2CC2)cc1Cl. The molecule has 0 bridgehead atoms. The summed E-state index contributed by atoms with van der Waals surface area (Å²) in [6, 6.07) is 0. The standard InChI is InChI=1S/C17H20BrClF3N5O/c1-10-12(19)9-26(24-10)7-2-6-23-13(28)5-8-27-15(11-3-4-11)14(18)16(25-27)17(20,21)22/h9,11H,2-8H2,1H3,(H,23,28). The van der Waals surface area contributed by atoms with Crippen LogP contribution in [0.15, 0.2) is 10.7 Å². The van der Waals surface area contributed by atoms with Gasteiger partial charge < -0.3 is 5.32 Å². The predicted octanol–water partition coefficient (Wildman–Crippen LogP) is 4.30. The van der Waals surface area contributed by atoms with Gasteiger partial charge >= 0.3 is 6.18 Å². The van der Waals surface area contributed by atoms with Crippen LogP contribution in [-0.2, 0) is 24.1 Å². The quantitative estimate of drug-likeness (QED) is 0.571. The molecule has 1 aliphatic carbocycles. The van der Waals surface area contributed by atoms with E-state index in [2.05, 4.69) is 31.4 Å². The van der Waals surface area contributed by atoms with Crippen LogP contribution in [0.3, 0.4) is 0 Å². The van der Waals surface area contributed by atoms with Crippen LogP contribution in [0.5, 0.6) is 0 Å². The molecule has 11 heteroatoms. The molecule has 2 heterocycles. The summed E-state index contributed by atoms with van der Waals surface area (Å²) >= 11 is 8.98. The van der Waals surface area contributed by atoms with E-state index in [1.807, 2.05) is 6.92 Å². The second-order valence-electron chi connectivity index (χ2n) is 6.82. The summed E-state index contributed by atoms with van der Waals surface area (Å²) < 4.78 is 42.3. The topological polar surface area (TPSA) is 64.7 Å². The summed E-state index contributed by atoms with van der Waals surface area (Å²) in [5, 5.41) is 11.3. The van der Waals surface area contributed by atoms with Crippen molar-refractivity contribution in [3.05, 3.63) is 32.8 Å². The molecule has 1 fully saturated rings. The minimum Gasteiger partial charge on any atom is -0.356 e. The van der Waals surface area contributed by atoms with Gasteiger partial charge in [-0.05, 0) is 42.1 Å². The predicted molar refractivity (Wildman–Crippen MR) is 101 cm³/mol. The maximum atomic E-state index is 13.1. The maximum absolute atomic E-state index is 13.1. The normalized spacial score (nSPS) is 14.5. The number of aryl methyl sites for hydroxylation is 3. The summed E-state index contributed by atoms with van der Waals surface area (Å²) in [6.45, 7) is 2.98. The first kappa shape index (κ1) is 21.2. The van der Waals surface area contributed by atoms with Crippen molar-refractivity contribution in [3.8, 4) is 0 Å². The maximum Gasteiger partial charge on any atom is 0.436 e. The Labute approximate surface area is 173 Å². The Balaban J connectivity index is 1.49. The number of amides is 1. The molecule has 2 aromatic rings. The molecule has 3 rings (SSSR count). The Kier molecular flexibility index (Phi) is 6.38. The highest BCUT2D eigenvalue weighted by molar-refractivity contribution is 9.10. The fourth-order valence-corrected chi connectivity index (χ4v) is 3.91. The molecule has 28 heavy (non-hydrogen) atoms. The van der Waals surface area contributed by atoms with Crippen LogP contribution < -0.4 is 5.32 Å². The number of carbonyl (C=O) groups excluding carboxylic acids is 1. The second kappa shape index (κ2) is 8.44. The highest BCUT2D eigenvalue weighted by atomic mass is 79.9. The minimum atomic E-state index is -4.52. The third-order valence-corrected chi connectivity index (χ3v) is 5.64. The van der Waals surface area contributed by atoms with Gasteiger partial charge in [-0.2, -0.15) is 23.4 Å². The lowest BCUT2D eigenvalue weighted by molar-refractivity contribution is -0.142. The smallest absolute Gasteiger partial charge is 0.356 e. The van der Waals surface area contributed by atoms with Crippen LogP contribution >= 0.6 is 27.5 Å². The summed E-state index contributed by atoms with van der Waals surface area (Å²) in [6.07, 6.45) is -0.384. The lowest BCUT2D eigenvalue weighted by Gasteiger charge is -2.08. The molecule has 0 spiro atoms. The Morgan fingerprint density at radius 2 is 2.07 bits per heavy atom. The van der Waals surface area contributed by atoms with Crippen LogP contribution in [0.4, 0.5) is 13.2 Å². The number of alkyl halides is 3. The number of aromatic nitrogens is 4. The summed E-state index contributed by atoms with van der Waals surface area (Å²) in [4.78, 5) is 12.0. The van der Waals surface area contributed by atoms with E-state index in [9.17, 15) is 18.0 Å². The zero-order valence-electron chi connectivity index (χ0n) is 15.2. The van der Waals surface area contributed by atoms with E-state index in [0.29, 0.717) is 30.2 Å². The van der Waals surface area contributed by atoms with Crippen molar-refractivity contribution in [1.29, 1.82) is 0 Å². The number of rotatable bonds is 8. The zero-order valence-corrected chi connectivity index (χ0v) is 17.5. The Bertz CT molecular complexity index is 840. The van der Waals surface area contributed by atoms with Crippen molar-refractivity contribution < 1.29 is 18.0 Å². The van der Waals surface area contributed by atoms with Crippen LogP contribution in [0.25, 0.3) is 0 Å². The van der Waals surface area contributed by atoms with E-state index in [4.69, 9.17) is 11.6 Å². The van der Waals surface area contributed by atoms with Crippen molar-refractivity contribution >= 4 is 33.4 Å². The van der Waals surface area contributed by atoms with Gasteiger partial charge in [0.15, 0.2) is 5.69 Å². The van der Waals surface area contributed by atoms with Crippen molar-refractivity contribution in [2.45, 2.75) is 57.8 Å². The molecule has 2 aromatic heterocycles. The van der Waals surface area contributed by atoms with Crippen LogP contribution in [0, 0.1) is 6.92 Å². The second-order valence-corrected chi connectivity index (χ2v) is 8.02. The third kappa shape index (κ3) is 5.08. The Morgan fingerprint density at radius 1 is 1.36 bits per heavy atom. The van der Waals surface area contributed by atoms with Gasteiger partial charge in [0.25, 0.3) is 0 Å². The van der Waals surface area contributed by atoms with Crippen molar-refractivity contribution in [1.82, 2.24) is 24.9 Å². The summed E-state index contributed by atoms with van der Waals surface area (Å²) in [5.41, 5.74) is 0.356. The Morgan fingerprint density at radius 3 is 2.64 bits per heavy atom. The molecule has 0 saturated heterocycles. The highest BCUT2D eigenvalue weighted by Gasteiger charge is 2.41. The fourth-order valence-electron chi connectivity index (χ4n) is 2.92. The summed E-state index contributed by atoms with van der Waals surface area (Å²) in [5.74, 6) is -0.151. The monoisotopic (exact) mass is 481 g/mol. The molecule has 0 unspecified atom stereocenters. The van der Waals surface area contributed by atoms with E-state index in [1.165, 1.54) is 4.68 Å². The molecule has 0 aliphatic heterocycles. The molecule has 154 valence electrons. The number of carbonyl (C=O) groups is 1. The molecular formula is C17H20BrClF3N5O. The Hall–Kier alpha value is -1.55. The van der Waals surface area contributed by atoms with Gasteiger partial charge in [0.05, 0.1) is 27.4 Å². The van der Waals surface area contributed by atoms with E-state index in [1.54, 1.807) is 10.9 Å². The number of halogens is 5. The van der Waals surface area contributed by atoms with Gasteiger partial charge in [-0.25, -0.2) is 0 Å². The van der Waals surface area contributed by atoms with Crippen molar-refractivity contribution in [2.75, 3.05) is 6.54 Å². The fraction of sp³-hybridized carbons (Fsp3) is 0.588. The average Bonchev–Trinajstić information content (AvgIpc) is 3.31. The first-order chi connectivity index (χ1) is 13.2. The largest absolute Gasteiger partial charge is 0.436 e. The number of hydrogen-bond donors (Lipinski definition) is 1. The van der Waals surface area contributed by atoms with Gasteiger partial charge in [0.1, 0.15) is 0 Å². The lowest BCUT2D eigenvalue weighted by Crippen LogP contribution is -2.26. The molecule has 0 radical (unpaired) electrons. The number of nitrogens with zero attached hydrogens (tertiary/aromatic N) is 4. The molecule has 1 N–H and O–H groups in total. The molecule has 1 aliphatic rings. The summed E-state index contributed by atoms with van der Waals surface area (Å²) in [7, 11) is 0. The van der Waals surface area contributed by atoms with Crippen LogP contribution in [0.1, 0.15) is 48.7 Å². The zero-order chi connectivity index (χ0) is 20.5. The van der Waals surface area contributed by atoms with E-state index >= 15 is 0 Å². The first-order valence-corrected chi connectivity index (χ1v) is 10.1. The third-order valence-electron chi connectivity index (χ3n) is 4.49. The molecule has 1 saturated carbocycles. The average molecular weight is 483 g/mol. The number of hydrogen-bond acceptors (Lipinski definition) is 3. The number of nitrogens with one attached hydrogen (secondary N) is 1. The van der Waals surface area contributed by atoms with Crippen LogP contribution in [-0.4, -0.2) is 32.0 Å². The van der Waals surface area contributed by atoms with Crippen molar-refractivity contribution in [2.24, 2.45) is 0 Å². The van der Waals surface area contributed by atoms with E-state index in [-0.39, 0.29) is 29.3 Å². The van der Waals surface area contributed by atoms with E-state index < -0.39 is 11.9 Å². The van der Waals surface area contributed by atoms with Gasteiger partial charge in [0.2, 0.25) is 5.91 Å². The lowest BCUT2D eigenvalue weighted by atomic mass is 10.2. The molecule has 0 aromatic carbocycles. The van der Waals surface area contributed by atoms with Gasteiger partial charge in [0, 0.05) is 31.6 Å². The molecule has 6 nitrogen and oxygen atoms in total. The van der Waals surface area contributed by atoms with Gasteiger partial charge in [-0.3, -0.25) is 14.2 Å². The molecule has 1 amide bonds. The van der Waals surface area contributed by atoms with Gasteiger partial charge in [-0.1, -0.05) is 11.6 Å².